The van der Waals surface area contributed by atoms with Crippen molar-refractivity contribution < 1.29 is 4.74 Å². The molecule has 5 nitrogen and oxygen atoms in total. The molecule has 1 aliphatic rings. The third-order valence-electron chi connectivity index (χ3n) is 3.37. The van der Waals surface area contributed by atoms with E-state index in [4.69, 9.17) is 16.3 Å². The first-order valence-electron chi connectivity index (χ1n) is 6.68. The number of aryl methyl sites for hydroxylation is 1. The summed E-state index contributed by atoms with van der Waals surface area (Å²) in [5.41, 5.74) is 1.03. The molecule has 3 rings (SSSR count). The van der Waals surface area contributed by atoms with Crippen LogP contribution in [0.4, 0.5) is 0 Å². The first kappa shape index (κ1) is 14.0. The summed E-state index contributed by atoms with van der Waals surface area (Å²) in [7, 11) is 0. The molecule has 0 unspecified atom stereocenters. The third-order valence-corrected chi connectivity index (χ3v) is 4.87. The molecule has 7 heteroatoms. The van der Waals surface area contributed by atoms with E-state index in [1.165, 1.54) is 0 Å². The van der Waals surface area contributed by atoms with Gasteiger partial charge in [-0.3, -0.25) is 9.58 Å². The molecule has 1 aliphatic heterocycles. The van der Waals surface area contributed by atoms with Crippen LogP contribution in [0, 0.1) is 6.92 Å². The third kappa shape index (κ3) is 3.20. The Balaban J connectivity index is 1.61. The lowest BCUT2D eigenvalue weighted by atomic mass is 10.4. The standard InChI is InChI=1S/C13H17ClN4OS/c1-10-12(14)16-13(20-10)11-8-15-18(9-11)3-2-17-4-6-19-7-5-17/h8-9H,2-7H2,1H3. The average Bonchev–Trinajstić information content (AvgIpc) is 3.06. The highest BCUT2D eigenvalue weighted by atomic mass is 35.5. The lowest BCUT2D eigenvalue weighted by Gasteiger charge is -2.26. The van der Waals surface area contributed by atoms with E-state index >= 15 is 0 Å². The quantitative estimate of drug-likeness (QED) is 0.869. The zero-order valence-corrected chi connectivity index (χ0v) is 13.0. The number of morpholine rings is 1. The van der Waals surface area contributed by atoms with Crippen LogP contribution >= 0.6 is 22.9 Å². The van der Waals surface area contributed by atoms with E-state index in [9.17, 15) is 0 Å². The van der Waals surface area contributed by atoms with Crippen LogP contribution in [0.25, 0.3) is 10.6 Å². The molecular weight excluding hydrogens is 296 g/mol. The fourth-order valence-electron chi connectivity index (χ4n) is 2.17. The molecule has 0 aromatic carbocycles. The SMILES string of the molecule is Cc1sc(-c2cnn(CCN3CCOCC3)c2)nc1Cl. The van der Waals surface area contributed by atoms with Gasteiger partial charge in [0.05, 0.1) is 26.0 Å². The molecule has 0 aliphatic carbocycles. The molecule has 108 valence electrons. The van der Waals surface area contributed by atoms with Crippen LogP contribution in [-0.4, -0.2) is 52.5 Å². The Kier molecular flexibility index (Phi) is 4.35. The zero-order chi connectivity index (χ0) is 13.9. The average molecular weight is 313 g/mol. The van der Waals surface area contributed by atoms with Crippen molar-refractivity contribution >= 4 is 22.9 Å². The minimum Gasteiger partial charge on any atom is -0.379 e. The molecule has 20 heavy (non-hydrogen) atoms. The number of nitrogens with zero attached hydrogens (tertiary/aromatic N) is 4. The van der Waals surface area contributed by atoms with Gasteiger partial charge in [-0.05, 0) is 6.92 Å². The van der Waals surface area contributed by atoms with Crippen LogP contribution in [0.15, 0.2) is 12.4 Å². The van der Waals surface area contributed by atoms with Crippen LogP contribution in [-0.2, 0) is 11.3 Å². The summed E-state index contributed by atoms with van der Waals surface area (Å²) < 4.78 is 7.31. The maximum Gasteiger partial charge on any atom is 0.143 e. The van der Waals surface area contributed by atoms with Crippen LogP contribution in [0.1, 0.15) is 4.88 Å². The first-order valence-corrected chi connectivity index (χ1v) is 7.87. The predicted octanol–water partition coefficient (Wildman–Crippen LogP) is 2.30. The Morgan fingerprint density at radius 1 is 1.35 bits per heavy atom. The molecule has 0 N–H and O–H groups in total. The highest BCUT2D eigenvalue weighted by Gasteiger charge is 2.12. The number of rotatable bonds is 4. The van der Waals surface area contributed by atoms with Gasteiger partial charge in [-0.15, -0.1) is 11.3 Å². The van der Waals surface area contributed by atoms with Gasteiger partial charge in [0.15, 0.2) is 0 Å². The second-order valence-corrected chi connectivity index (χ2v) is 6.37. The lowest BCUT2D eigenvalue weighted by Crippen LogP contribution is -2.38. The minimum absolute atomic E-state index is 0.589. The van der Waals surface area contributed by atoms with E-state index in [1.54, 1.807) is 11.3 Å². The fraction of sp³-hybridized carbons (Fsp3) is 0.538. The van der Waals surface area contributed by atoms with Crippen molar-refractivity contribution in [1.29, 1.82) is 0 Å². The summed E-state index contributed by atoms with van der Waals surface area (Å²) in [6.45, 7) is 7.56. The number of hydrogen-bond donors (Lipinski definition) is 0. The number of halogens is 1. The van der Waals surface area contributed by atoms with Crippen LogP contribution in [0.2, 0.25) is 5.15 Å². The van der Waals surface area contributed by atoms with E-state index in [0.29, 0.717) is 5.15 Å². The van der Waals surface area contributed by atoms with E-state index in [0.717, 1.165) is 54.8 Å². The first-order chi connectivity index (χ1) is 9.72. The van der Waals surface area contributed by atoms with E-state index < -0.39 is 0 Å². The van der Waals surface area contributed by atoms with Gasteiger partial charge in [0.1, 0.15) is 10.2 Å². The number of ether oxygens (including phenoxy) is 1. The van der Waals surface area contributed by atoms with Gasteiger partial charge < -0.3 is 4.74 Å². The highest BCUT2D eigenvalue weighted by molar-refractivity contribution is 7.15. The van der Waals surface area contributed by atoms with Crippen molar-refractivity contribution in [1.82, 2.24) is 19.7 Å². The summed E-state index contributed by atoms with van der Waals surface area (Å²) in [4.78, 5) is 7.79. The zero-order valence-electron chi connectivity index (χ0n) is 11.4. The Hall–Kier alpha value is -0.950. The Morgan fingerprint density at radius 3 is 2.85 bits per heavy atom. The summed E-state index contributed by atoms with van der Waals surface area (Å²) >= 11 is 7.61. The molecule has 0 bridgehead atoms. The Morgan fingerprint density at radius 2 is 2.15 bits per heavy atom. The van der Waals surface area contributed by atoms with Crippen molar-refractivity contribution in [2.75, 3.05) is 32.8 Å². The largest absolute Gasteiger partial charge is 0.379 e. The number of aromatic nitrogens is 3. The van der Waals surface area contributed by atoms with Gasteiger partial charge in [0.25, 0.3) is 0 Å². The summed E-state index contributed by atoms with van der Waals surface area (Å²) in [5, 5.41) is 5.92. The monoisotopic (exact) mass is 312 g/mol. The fourth-order valence-corrected chi connectivity index (χ4v) is 3.20. The van der Waals surface area contributed by atoms with Crippen molar-refractivity contribution in [2.24, 2.45) is 0 Å². The van der Waals surface area contributed by atoms with Crippen molar-refractivity contribution in [3.8, 4) is 10.6 Å². The summed E-state index contributed by atoms with van der Waals surface area (Å²) in [6, 6.07) is 0. The van der Waals surface area contributed by atoms with Gasteiger partial charge in [0, 0.05) is 36.3 Å². The molecule has 0 spiro atoms. The number of thiazole rings is 1. The molecule has 2 aromatic heterocycles. The summed E-state index contributed by atoms with van der Waals surface area (Å²) in [6.07, 6.45) is 3.89. The molecule has 2 aromatic rings. The van der Waals surface area contributed by atoms with Gasteiger partial charge in [-0.2, -0.15) is 5.10 Å². The van der Waals surface area contributed by atoms with E-state index in [2.05, 4.69) is 15.0 Å². The van der Waals surface area contributed by atoms with Crippen LogP contribution < -0.4 is 0 Å². The normalized spacial score (nSPS) is 16.7. The smallest absolute Gasteiger partial charge is 0.143 e. The second kappa shape index (κ2) is 6.22. The Bertz CT molecular complexity index is 557. The molecule has 1 fully saturated rings. The van der Waals surface area contributed by atoms with Gasteiger partial charge >= 0.3 is 0 Å². The van der Waals surface area contributed by atoms with Crippen molar-refractivity contribution in [3.63, 3.8) is 0 Å². The molecular formula is C13H17ClN4OS. The van der Waals surface area contributed by atoms with Gasteiger partial charge in [-0.1, -0.05) is 11.6 Å². The Labute approximate surface area is 127 Å². The van der Waals surface area contributed by atoms with Crippen LogP contribution in [0.3, 0.4) is 0 Å². The molecule has 0 saturated carbocycles. The highest BCUT2D eigenvalue weighted by Crippen LogP contribution is 2.29. The molecule has 0 radical (unpaired) electrons. The minimum atomic E-state index is 0.589. The van der Waals surface area contributed by atoms with E-state index in [-0.39, 0.29) is 0 Å². The van der Waals surface area contributed by atoms with Crippen LogP contribution in [0.5, 0.6) is 0 Å². The molecule has 3 heterocycles. The molecule has 0 atom stereocenters. The van der Waals surface area contributed by atoms with E-state index in [1.807, 2.05) is 24.0 Å². The van der Waals surface area contributed by atoms with Crippen molar-refractivity contribution in [3.05, 3.63) is 22.4 Å². The maximum atomic E-state index is 6.00. The maximum absolute atomic E-state index is 6.00. The molecule has 1 saturated heterocycles. The van der Waals surface area contributed by atoms with Gasteiger partial charge in [-0.25, -0.2) is 4.98 Å². The summed E-state index contributed by atoms with van der Waals surface area (Å²) in [5.74, 6) is 0. The number of hydrogen-bond acceptors (Lipinski definition) is 5. The predicted molar refractivity (Wildman–Crippen MR) is 80.3 cm³/mol. The topological polar surface area (TPSA) is 43.2 Å². The second-order valence-electron chi connectivity index (χ2n) is 4.81. The van der Waals surface area contributed by atoms with Crippen molar-refractivity contribution in [2.45, 2.75) is 13.5 Å². The van der Waals surface area contributed by atoms with Gasteiger partial charge in [0.2, 0.25) is 0 Å². The molecule has 0 amide bonds. The lowest BCUT2D eigenvalue weighted by molar-refractivity contribution is 0.0360.